The molecule has 2 aliphatic carbocycles. The third-order valence-electron chi connectivity index (χ3n) is 5.22. The quantitative estimate of drug-likeness (QED) is 0.821. The molecule has 0 aromatic heterocycles. The van der Waals surface area contributed by atoms with E-state index in [9.17, 15) is 0 Å². The molecule has 1 unspecified atom stereocenters. The number of rotatable bonds is 4. The summed E-state index contributed by atoms with van der Waals surface area (Å²) in [6.45, 7) is 4.80. The van der Waals surface area contributed by atoms with Crippen molar-refractivity contribution >= 4 is 13.4 Å². The SMILES string of the molecule is CC1=C([Si](C)(NC2CCCCC2)c2ccccc2)CC=C1. The van der Waals surface area contributed by atoms with Crippen LogP contribution in [0.25, 0.3) is 0 Å². The number of allylic oxidation sites excluding steroid dienone is 4. The van der Waals surface area contributed by atoms with Crippen molar-refractivity contribution in [3.05, 3.63) is 53.3 Å². The fourth-order valence-corrected chi connectivity index (χ4v) is 8.04. The second-order valence-electron chi connectivity index (χ2n) is 6.74. The molecular formula is C19H27NSi. The predicted octanol–water partition coefficient (Wildman–Crippen LogP) is 4.21. The number of benzene rings is 1. The fourth-order valence-electron chi connectivity index (χ4n) is 3.98. The van der Waals surface area contributed by atoms with Crippen LogP contribution in [0.4, 0.5) is 0 Å². The van der Waals surface area contributed by atoms with Crippen molar-refractivity contribution in [3.63, 3.8) is 0 Å². The lowest BCUT2D eigenvalue weighted by atomic mass is 9.96. The highest BCUT2D eigenvalue weighted by Gasteiger charge is 2.37. The summed E-state index contributed by atoms with van der Waals surface area (Å²) in [4.78, 5) is 4.16. The van der Waals surface area contributed by atoms with Crippen molar-refractivity contribution in [2.24, 2.45) is 0 Å². The van der Waals surface area contributed by atoms with Crippen LogP contribution < -0.4 is 10.2 Å². The molecule has 0 bridgehead atoms. The van der Waals surface area contributed by atoms with Crippen LogP contribution in [-0.4, -0.2) is 14.3 Å². The summed E-state index contributed by atoms with van der Waals surface area (Å²) in [6.07, 6.45) is 12.7. The molecule has 1 N–H and O–H groups in total. The Kier molecular flexibility index (Phi) is 4.46. The molecule has 0 radical (unpaired) electrons. The van der Waals surface area contributed by atoms with Crippen molar-refractivity contribution in [2.45, 2.75) is 58.0 Å². The van der Waals surface area contributed by atoms with Crippen LogP contribution in [0.5, 0.6) is 0 Å². The van der Waals surface area contributed by atoms with Crippen LogP contribution in [-0.2, 0) is 0 Å². The topological polar surface area (TPSA) is 12.0 Å². The lowest BCUT2D eigenvalue weighted by Gasteiger charge is -2.37. The largest absolute Gasteiger partial charge is 0.328 e. The Labute approximate surface area is 130 Å². The first kappa shape index (κ1) is 14.8. The van der Waals surface area contributed by atoms with E-state index in [0.29, 0.717) is 0 Å². The Bertz CT molecular complexity index is 540. The van der Waals surface area contributed by atoms with Gasteiger partial charge in [-0.1, -0.05) is 72.5 Å². The van der Waals surface area contributed by atoms with Gasteiger partial charge in [0.1, 0.15) is 0 Å². The van der Waals surface area contributed by atoms with Gasteiger partial charge in [0.15, 0.2) is 8.24 Å². The lowest BCUT2D eigenvalue weighted by molar-refractivity contribution is 0.415. The van der Waals surface area contributed by atoms with Gasteiger partial charge in [-0.2, -0.15) is 0 Å². The van der Waals surface area contributed by atoms with Gasteiger partial charge in [-0.15, -0.1) is 0 Å². The predicted molar refractivity (Wildman–Crippen MR) is 94.2 cm³/mol. The first-order valence-corrected chi connectivity index (χ1v) is 10.9. The van der Waals surface area contributed by atoms with E-state index in [1.165, 1.54) is 42.9 Å². The second kappa shape index (κ2) is 6.33. The molecule has 1 fully saturated rings. The average molecular weight is 298 g/mol. The molecule has 21 heavy (non-hydrogen) atoms. The van der Waals surface area contributed by atoms with Gasteiger partial charge in [-0.25, -0.2) is 0 Å². The minimum atomic E-state index is -1.78. The molecule has 0 heterocycles. The van der Waals surface area contributed by atoms with Crippen LogP contribution in [0.15, 0.2) is 53.3 Å². The zero-order valence-electron chi connectivity index (χ0n) is 13.4. The molecule has 1 aromatic carbocycles. The lowest BCUT2D eigenvalue weighted by Crippen LogP contribution is -2.63. The molecule has 112 valence electrons. The van der Waals surface area contributed by atoms with Crippen molar-refractivity contribution < 1.29 is 0 Å². The van der Waals surface area contributed by atoms with Gasteiger partial charge < -0.3 is 4.98 Å². The first-order valence-electron chi connectivity index (χ1n) is 8.40. The molecule has 0 amide bonds. The summed E-state index contributed by atoms with van der Waals surface area (Å²) in [5.74, 6) is 0. The minimum Gasteiger partial charge on any atom is -0.328 e. The van der Waals surface area contributed by atoms with E-state index in [1.54, 1.807) is 5.20 Å². The van der Waals surface area contributed by atoms with Gasteiger partial charge in [0.05, 0.1) is 0 Å². The summed E-state index contributed by atoms with van der Waals surface area (Å²) < 4.78 is 0. The highest BCUT2D eigenvalue weighted by atomic mass is 28.3. The number of hydrogen-bond acceptors (Lipinski definition) is 1. The summed E-state index contributed by atoms with van der Waals surface area (Å²) in [5.41, 5.74) is 1.50. The molecule has 2 heteroatoms. The standard InChI is InChI=1S/C19H27NSi/c1-16-10-9-15-19(16)21(2,18-13-7-4-8-14-18)20-17-11-5-3-6-12-17/h4,7-10,13-14,17,20H,3,5-6,11-12,15H2,1-2H3. The highest BCUT2D eigenvalue weighted by molar-refractivity contribution is 6.95. The van der Waals surface area contributed by atoms with Gasteiger partial charge in [-0.3, -0.25) is 0 Å². The van der Waals surface area contributed by atoms with Crippen LogP contribution in [0, 0.1) is 0 Å². The molecule has 3 rings (SSSR count). The Balaban J connectivity index is 1.93. The molecule has 0 spiro atoms. The monoisotopic (exact) mass is 297 g/mol. The van der Waals surface area contributed by atoms with Crippen molar-refractivity contribution in [1.29, 1.82) is 0 Å². The molecule has 1 atom stereocenters. The van der Waals surface area contributed by atoms with E-state index in [0.717, 1.165) is 12.5 Å². The third-order valence-corrected chi connectivity index (χ3v) is 9.50. The van der Waals surface area contributed by atoms with Gasteiger partial charge in [0.25, 0.3) is 0 Å². The average Bonchev–Trinajstić information content (AvgIpc) is 2.96. The first-order chi connectivity index (χ1) is 10.2. The van der Waals surface area contributed by atoms with E-state index in [2.05, 4.69) is 60.9 Å². The van der Waals surface area contributed by atoms with Crippen LogP contribution in [0.3, 0.4) is 0 Å². The molecule has 0 aliphatic heterocycles. The van der Waals surface area contributed by atoms with Crippen LogP contribution >= 0.6 is 0 Å². The third kappa shape index (κ3) is 3.07. The van der Waals surface area contributed by atoms with E-state index in [-0.39, 0.29) is 0 Å². The van der Waals surface area contributed by atoms with E-state index >= 15 is 0 Å². The normalized spacial score (nSPS) is 22.6. The van der Waals surface area contributed by atoms with E-state index in [4.69, 9.17) is 0 Å². The Morgan fingerprint density at radius 2 is 1.76 bits per heavy atom. The van der Waals surface area contributed by atoms with E-state index < -0.39 is 8.24 Å². The van der Waals surface area contributed by atoms with E-state index in [1.807, 2.05) is 0 Å². The Morgan fingerprint density at radius 3 is 2.38 bits per heavy atom. The van der Waals surface area contributed by atoms with Crippen LogP contribution in [0.2, 0.25) is 6.55 Å². The van der Waals surface area contributed by atoms with Gasteiger partial charge in [-0.05, 0) is 37.9 Å². The summed E-state index contributed by atoms with van der Waals surface area (Å²) >= 11 is 0. The van der Waals surface area contributed by atoms with Crippen molar-refractivity contribution in [2.75, 3.05) is 0 Å². The summed E-state index contributed by atoms with van der Waals surface area (Å²) in [5, 5.41) is 3.22. The molecule has 0 saturated heterocycles. The zero-order valence-corrected chi connectivity index (χ0v) is 14.4. The number of nitrogens with one attached hydrogen (secondary N) is 1. The maximum atomic E-state index is 4.16. The Morgan fingerprint density at radius 1 is 1.05 bits per heavy atom. The maximum absolute atomic E-state index is 4.16. The molecule has 1 nitrogen and oxygen atoms in total. The molecule has 2 aliphatic rings. The Hall–Kier alpha value is -1.12. The van der Waals surface area contributed by atoms with Gasteiger partial charge >= 0.3 is 0 Å². The molecule has 1 saturated carbocycles. The van der Waals surface area contributed by atoms with Crippen molar-refractivity contribution in [3.8, 4) is 0 Å². The zero-order chi connectivity index (χ0) is 14.7. The fraction of sp³-hybridized carbons (Fsp3) is 0.474. The maximum Gasteiger partial charge on any atom is 0.183 e. The van der Waals surface area contributed by atoms with Gasteiger partial charge in [0, 0.05) is 6.04 Å². The summed E-state index contributed by atoms with van der Waals surface area (Å²) in [7, 11) is -1.78. The summed E-state index contributed by atoms with van der Waals surface area (Å²) in [6, 6.07) is 11.9. The van der Waals surface area contributed by atoms with Crippen LogP contribution in [0.1, 0.15) is 45.4 Å². The van der Waals surface area contributed by atoms with Crippen molar-refractivity contribution in [1.82, 2.24) is 4.98 Å². The van der Waals surface area contributed by atoms with Gasteiger partial charge in [0.2, 0.25) is 0 Å². The second-order valence-corrected chi connectivity index (χ2v) is 10.5. The molecule has 1 aromatic rings. The molecular weight excluding hydrogens is 270 g/mol. The number of hydrogen-bond donors (Lipinski definition) is 1. The minimum absolute atomic E-state index is 0.719. The highest BCUT2D eigenvalue weighted by Crippen LogP contribution is 2.28. The smallest absolute Gasteiger partial charge is 0.183 e.